The number of nitrogens with two attached hydrogens (primary N) is 1. The van der Waals surface area contributed by atoms with Crippen LogP contribution in [0.25, 0.3) is 32.2 Å². The van der Waals surface area contributed by atoms with Crippen molar-refractivity contribution < 1.29 is 35.9 Å². The Bertz CT molecular complexity index is 1810. The van der Waals surface area contributed by atoms with Gasteiger partial charge in [0.1, 0.15) is 30.4 Å². The van der Waals surface area contributed by atoms with Gasteiger partial charge >= 0.3 is 12.2 Å². The first kappa shape index (κ1) is 31.8. The molecule has 0 saturated carbocycles. The second-order valence-electron chi connectivity index (χ2n) is 11.0. The number of thiazole rings is 1. The van der Waals surface area contributed by atoms with Crippen LogP contribution in [0.4, 0.5) is 37.3 Å². The maximum Gasteiger partial charge on any atom is 0.417 e. The molecular weight excluding hydrogens is 636 g/mol. The number of ether oxygens (including phenoxy) is 1. The van der Waals surface area contributed by atoms with Crippen molar-refractivity contribution in [1.29, 1.82) is 0 Å². The van der Waals surface area contributed by atoms with Gasteiger partial charge in [0.2, 0.25) is 5.91 Å². The largest absolute Gasteiger partial charge is 0.462 e. The number of halogens is 6. The van der Waals surface area contributed by atoms with Crippen molar-refractivity contribution in [2.75, 3.05) is 63.2 Å². The Kier molecular flexibility index (Phi) is 8.67. The SMILES string of the molecule is C=CC(=O)N1CCN(c2nc(OCC3CCCN3CCF)nc3c(F)c(-c4ccc(F)c5sc(N)nc45)c(C(F)(F)F)cc23)CC1. The van der Waals surface area contributed by atoms with Crippen molar-refractivity contribution >= 4 is 49.3 Å². The van der Waals surface area contributed by atoms with Gasteiger partial charge in [-0.25, -0.2) is 18.2 Å². The van der Waals surface area contributed by atoms with Crippen LogP contribution in [0.1, 0.15) is 18.4 Å². The molecule has 2 fully saturated rings. The summed E-state index contributed by atoms with van der Waals surface area (Å²) in [5.41, 5.74) is 2.61. The first-order valence-corrected chi connectivity index (χ1v) is 15.4. The predicted molar refractivity (Wildman–Crippen MR) is 163 cm³/mol. The lowest BCUT2D eigenvalue weighted by Gasteiger charge is -2.35. The molecule has 1 atom stereocenters. The van der Waals surface area contributed by atoms with Gasteiger partial charge in [0, 0.05) is 55.3 Å². The molecule has 4 aromatic rings. The molecule has 16 heteroatoms. The summed E-state index contributed by atoms with van der Waals surface area (Å²) in [5.74, 6) is -2.38. The molecule has 2 aromatic heterocycles. The van der Waals surface area contributed by atoms with Crippen LogP contribution in [0.15, 0.2) is 30.9 Å². The average molecular weight is 666 g/mol. The van der Waals surface area contributed by atoms with E-state index in [0.29, 0.717) is 6.54 Å². The van der Waals surface area contributed by atoms with Crippen LogP contribution in [0, 0.1) is 11.6 Å². The highest BCUT2D eigenvalue weighted by Crippen LogP contribution is 2.46. The maximum absolute atomic E-state index is 16.7. The summed E-state index contributed by atoms with van der Waals surface area (Å²) in [6, 6.07) is 2.33. The third kappa shape index (κ3) is 5.90. The number of aromatic nitrogens is 3. The average Bonchev–Trinajstić information content (AvgIpc) is 3.66. The van der Waals surface area contributed by atoms with Crippen LogP contribution < -0.4 is 15.4 Å². The van der Waals surface area contributed by atoms with Crippen LogP contribution in [0.3, 0.4) is 0 Å². The Labute approximate surface area is 263 Å². The molecule has 0 aliphatic carbocycles. The Balaban J connectivity index is 1.52. The molecule has 2 aliphatic rings. The number of carbonyl (C=O) groups is 1. The van der Waals surface area contributed by atoms with E-state index in [4.69, 9.17) is 10.5 Å². The molecule has 2 aromatic carbocycles. The molecule has 46 heavy (non-hydrogen) atoms. The number of likely N-dealkylation sites (tertiary alicyclic amines) is 1. The molecule has 1 amide bonds. The van der Waals surface area contributed by atoms with Crippen LogP contribution in [-0.4, -0.2) is 89.3 Å². The highest BCUT2D eigenvalue weighted by atomic mass is 32.1. The fourth-order valence-electron chi connectivity index (χ4n) is 6.10. The van der Waals surface area contributed by atoms with Crippen molar-refractivity contribution in [3.63, 3.8) is 0 Å². The molecule has 0 radical (unpaired) electrons. The van der Waals surface area contributed by atoms with E-state index in [-0.39, 0.29) is 89.4 Å². The number of hydrogen-bond acceptors (Lipinski definition) is 9. The number of nitrogen functional groups attached to an aromatic ring is 1. The molecule has 2 N–H and O–H groups in total. The van der Waals surface area contributed by atoms with Gasteiger partial charge < -0.3 is 20.3 Å². The van der Waals surface area contributed by atoms with Gasteiger partial charge in [-0.15, -0.1) is 0 Å². The molecule has 6 rings (SSSR count). The zero-order chi connectivity index (χ0) is 32.7. The molecule has 2 saturated heterocycles. The minimum Gasteiger partial charge on any atom is -0.462 e. The first-order chi connectivity index (χ1) is 22.0. The summed E-state index contributed by atoms with van der Waals surface area (Å²) in [5, 5.41) is -0.320. The number of benzene rings is 2. The third-order valence-electron chi connectivity index (χ3n) is 8.32. The van der Waals surface area contributed by atoms with E-state index >= 15 is 4.39 Å². The van der Waals surface area contributed by atoms with Gasteiger partial charge in [-0.1, -0.05) is 17.9 Å². The van der Waals surface area contributed by atoms with E-state index in [1.807, 2.05) is 4.90 Å². The molecule has 1 unspecified atom stereocenters. The number of hydrogen-bond donors (Lipinski definition) is 1. The minimum atomic E-state index is -5.05. The molecule has 4 heterocycles. The highest BCUT2D eigenvalue weighted by Gasteiger charge is 2.39. The molecule has 244 valence electrons. The number of rotatable bonds is 8. The lowest BCUT2D eigenvalue weighted by Crippen LogP contribution is -2.48. The highest BCUT2D eigenvalue weighted by molar-refractivity contribution is 7.22. The fourth-order valence-corrected chi connectivity index (χ4v) is 6.87. The lowest BCUT2D eigenvalue weighted by molar-refractivity contribution is -0.137. The molecule has 9 nitrogen and oxygen atoms in total. The Morgan fingerprint density at radius 1 is 1.11 bits per heavy atom. The summed E-state index contributed by atoms with van der Waals surface area (Å²) in [7, 11) is 0. The van der Waals surface area contributed by atoms with E-state index in [0.717, 1.165) is 42.4 Å². The number of nitrogens with zero attached hydrogens (tertiary/aromatic N) is 6. The smallest absolute Gasteiger partial charge is 0.417 e. The van der Waals surface area contributed by atoms with Crippen LogP contribution in [-0.2, 0) is 11.0 Å². The van der Waals surface area contributed by atoms with Gasteiger partial charge in [-0.3, -0.25) is 9.69 Å². The van der Waals surface area contributed by atoms with E-state index in [2.05, 4.69) is 21.5 Å². The van der Waals surface area contributed by atoms with Gasteiger partial charge in [0.05, 0.1) is 15.8 Å². The summed E-state index contributed by atoms with van der Waals surface area (Å²) < 4.78 is 94.3. The normalized spacial score (nSPS) is 17.7. The predicted octanol–water partition coefficient (Wildman–Crippen LogP) is 5.43. The second kappa shape index (κ2) is 12.5. The summed E-state index contributed by atoms with van der Waals surface area (Å²) in [4.78, 5) is 29.9. The zero-order valence-corrected chi connectivity index (χ0v) is 25.2. The van der Waals surface area contributed by atoms with Gasteiger partial charge in [-0.05, 0) is 43.7 Å². The van der Waals surface area contributed by atoms with Crippen molar-refractivity contribution in [2.45, 2.75) is 25.1 Å². The summed E-state index contributed by atoms with van der Waals surface area (Å²) >= 11 is 0.734. The zero-order valence-electron chi connectivity index (χ0n) is 24.4. The number of carbonyl (C=O) groups excluding carboxylic acids is 1. The first-order valence-electron chi connectivity index (χ1n) is 14.6. The molecule has 0 bridgehead atoms. The lowest BCUT2D eigenvalue weighted by atomic mass is 9.95. The minimum absolute atomic E-state index is 0.00385. The third-order valence-corrected chi connectivity index (χ3v) is 9.21. The quantitative estimate of drug-likeness (QED) is 0.197. The number of piperazine rings is 1. The number of fused-ring (bicyclic) bond motifs is 2. The van der Waals surface area contributed by atoms with Crippen LogP contribution >= 0.6 is 11.3 Å². The van der Waals surface area contributed by atoms with E-state index in [9.17, 15) is 26.7 Å². The van der Waals surface area contributed by atoms with Crippen molar-refractivity contribution in [3.05, 3.63) is 48.1 Å². The van der Waals surface area contributed by atoms with E-state index in [1.165, 1.54) is 11.0 Å². The summed E-state index contributed by atoms with van der Waals surface area (Å²) in [6.07, 6.45) is -2.32. The second-order valence-corrected chi connectivity index (χ2v) is 12.0. The van der Waals surface area contributed by atoms with Crippen molar-refractivity contribution in [2.24, 2.45) is 0 Å². The number of anilines is 2. The summed E-state index contributed by atoms with van der Waals surface area (Å²) in [6.45, 7) is 4.71. The van der Waals surface area contributed by atoms with Crippen LogP contribution in [0.5, 0.6) is 6.01 Å². The fraction of sp³-hybridized carbons (Fsp3) is 0.400. The Morgan fingerprint density at radius 3 is 2.57 bits per heavy atom. The van der Waals surface area contributed by atoms with Crippen LogP contribution in [0.2, 0.25) is 0 Å². The van der Waals surface area contributed by atoms with Gasteiger partial charge in [0.25, 0.3) is 0 Å². The Morgan fingerprint density at radius 2 is 1.87 bits per heavy atom. The number of amides is 1. The molecule has 0 spiro atoms. The van der Waals surface area contributed by atoms with Crippen molar-refractivity contribution in [3.8, 4) is 17.1 Å². The molecular formula is C30H29F6N7O2S. The standard InChI is InChI=1S/C30H29F6N7O2S/c1-2-21(44)42-10-12-43(13-11-42)27-18-14-19(30(34,35)36)22(17-5-6-20(32)26-25(17)38-28(37)46-26)23(33)24(18)39-29(40-27)45-15-16-4-3-8-41(16)9-7-31/h2,5-6,14,16H,1,3-4,7-13,15H2,(H2,37,38). The number of alkyl halides is 4. The topological polar surface area (TPSA) is 101 Å². The van der Waals surface area contributed by atoms with E-state index < -0.39 is 41.1 Å². The maximum atomic E-state index is 16.7. The van der Waals surface area contributed by atoms with E-state index in [1.54, 1.807) is 4.90 Å². The Hall–Kier alpha value is -4.18. The van der Waals surface area contributed by atoms with Gasteiger partial charge in [0.15, 0.2) is 10.9 Å². The molecule has 2 aliphatic heterocycles. The van der Waals surface area contributed by atoms with Crippen molar-refractivity contribution in [1.82, 2.24) is 24.8 Å². The monoisotopic (exact) mass is 665 g/mol. The van der Waals surface area contributed by atoms with Gasteiger partial charge in [-0.2, -0.15) is 23.1 Å².